The lowest BCUT2D eigenvalue weighted by Crippen LogP contribution is -2.35. The molecule has 0 saturated carbocycles. The van der Waals surface area contributed by atoms with Crippen molar-refractivity contribution in [2.45, 2.75) is 13.5 Å². The highest BCUT2D eigenvalue weighted by Gasteiger charge is 2.11. The molecule has 0 saturated heterocycles. The van der Waals surface area contributed by atoms with Crippen LogP contribution in [0, 0.1) is 0 Å². The molecule has 1 aromatic rings. The van der Waals surface area contributed by atoms with E-state index in [1.54, 1.807) is 17.2 Å². The minimum absolute atomic E-state index is 0.0270. The topological polar surface area (TPSA) is 84.4 Å². The van der Waals surface area contributed by atoms with Gasteiger partial charge in [-0.3, -0.25) is 9.48 Å². The van der Waals surface area contributed by atoms with Crippen LogP contribution >= 0.6 is 0 Å². The van der Waals surface area contributed by atoms with Crippen LogP contribution in [0.25, 0.3) is 0 Å². The van der Waals surface area contributed by atoms with Crippen molar-refractivity contribution >= 4 is 11.7 Å². The Morgan fingerprint density at radius 2 is 2.47 bits per heavy atom. The van der Waals surface area contributed by atoms with Gasteiger partial charge in [-0.15, -0.1) is 0 Å². The molecule has 1 rings (SSSR count). The number of rotatable bonds is 5. The third kappa shape index (κ3) is 3.25. The summed E-state index contributed by atoms with van der Waals surface area (Å²) in [7, 11) is 0. The summed E-state index contributed by atoms with van der Waals surface area (Å²) in [5.41, 5.74) is 5.42. The van der Waals surface area contributed by atoms with E-state index >= 15 is 0 Å². The highest BCUT2D eigenvalue weighted by atomic mass is 16.3. The Kier molecular flexibility index (Phi) is 4.11. The zero-order chi connectivity index (χ0) is 11.3. The van der Waals surface area contributed by atoms with Gasteiger partial charge in [0.15, 0.2) is 0 Å². The lowest BCUT2D eigenvalue weighted by atomic mass is 10.4. The summed E-state index contributed by atoms with van der Waals surface area (Å²) in [4.78, 5) is 13.2. The number of anilines is 1. The summed E-state index contributed by atoms with van der Waals surface area (Å²) in [6, 6.07) is 1.63. The molecule has 15 heavy (non-hydrogen) atoms. The van der Waals surface area contributed by atoms with E-state index in [-0.39, 0.29) is 19.1 Å². The van der Waals surface area contributed by atoms with Gasteiger partial charge in [0.1, 0.15) is 12.4 Å². The van der Waals surface area contributed by atoms with E-state index in [2.05, 4.69) is 5.10 Å². The maximum absolute atomic E-state index is 11.7. The molecular formula is C9H16N4O2. The quantitative estimate of drug-likeness (QED) is 0.676. The first-order valence-electron chi connectivity index (χ1n) is 4.85. The molecule has 0 aliphatic heterocycles. The monoisotopic (exact) mass is 212 g/mol. The van der Waals surface area contributed by atoms with Crippen molar-refractivity contribution in [2.24, 2.45) is 0 Å². The van der Waals surface area contributed by atoms with Gasteiger partial charge in [-0.05, 0) is 13.0 Å². The third-order valence-electron chi connectivity index (χ3n) is 2.06. The van der Waals surface area contributed by atoms with Crippen molar-refractivity contribution in [3.63, 3.8) is 0 Å². The molecule has 0 aromatic carbocycles. The maximum atomic E-state index is 11.7. The molecule has 6 nitrogen and oxygen atoms in total. The Balaban J connectivity index is 2.53. The fourth-order valence-electron chi connectivity index (χ4n) is 1.28. The second-order valence-corrected chi connectivity index (χ2v) is 3.14. The molecule has 1 amide bonds. The summed E-state index contributed by atoms with van der Waals surface area (Å²) >= 11 is 0. The molecule has 0 radical (unpaired) electrons. The van der Waals surface area contributed by atoms with Gasteiger partial charge in [-0.1, -0.05) is 0 Å². The molecule has 1 heterocycles. The fourth-order valence-corrected chi connectivity index (χ4v) is 1.28. The number of hydrogen-bond donors (Lipinski definition) is 2. The molecule has 0 aliphatic carbocycles. The van der Waals surface area contributed by atoms with Crippen LogP contribution in [0.1, 0.15) is 6.92 Å². The first kappa shape index (κ1) is 11.5. The summed E-state index contributed by atoms with van der Waals surface area (Å²) in [5, 5.41) is 12.7. The largest absolute Gasteiger partial charge is 0.395 e. The van der Waals surface area contributed by atoms with Crippen LogP contribution in [0.4, 0.5) is 5.82 Å². The Morgan fingerprint density at radius 1 is 1.73 bits per heavy atom. The number of nitrogen functional groups attached to an aromatic ring is 1. The van der Waals surface area contributed by atoms with Gasteiger partial charge in [0.05, 0.1) is 6.61 Å². The Hall–Kier alpha value is -1.56. The number of carbonyl (C=O) groups excluding carboxylic acids is 1. The van der Waals surface area contributed by atoms with Crippen molar-refractivity contribution in [1.29, 1.82) is 0 Å². The molecule has 0 unspecified atom stereocenters. The summed E-state index contributed by atoms with van der Waals surface area (Å²) in [6.07, 6.45) is 1.65. The van der Waals surface area contributed by atoms with Crippen LogP contribution < -0.4 is 5.73 Å². The smallest absolute Gasteiger partial charge is 0.244 e. The zero-order valence-electron chi connectivity index (χ0n) is 8.76. The maximum Gasteiger partial charge on any atom is 0.244 e. The van der Waals surface area contributed by atoms with Crippen LogP contribution in [-0.2, 0) is 11.3 Å². The molecule has 3 N–H and O–H groups in total. The number of aliphatic hydroxyl groups excluding tert-OH is 1. The number of nitrogens with two attached hydrogens (primary N) is 1. The number of amides is 1. The number of carbonyl (C=O) groups is 1. The molecule has 0 bridgehead atoms. The number of likely N-dealkylation sites (N-methyl/N-ethyl adjacent to an activating group) is 1. The number of nitrogens with zero attached hydrogens (tertiary/aromatic N) is 3. The van der Waals surface area contributed by atoms with E-state index in [0.29, 0.717) is 18.9 Å². The van der Waals surface area contributed by atoms with Crippen LogP contribution in [0.3, 0.4) is 0 Å². The van der Waals surface area contributed by atoms with Gasteiger partial charge >= 0.3 is 0 Å². The lowest BCUT2D eigenvalue weighted by molar-refractivity contribution is -0.132. The first-order chi connectivity index (χ1) is 7.17. The van der Waals surface area contributed by atoms with Crippen LogP contribution in [-0.4, -0.2) is 45.4 Å². The van der Waals surface area contributed by atoms with E-state index in [4.69, 9.17) is 10.8 Å². The highest BCUT2D eigenvalue weighted by molar-refractivity contribution is 5.75. The predicted molar refractivity (Wildman–Crippen MR) is 56.0 cm³/mol. The van der Waals surface area contributed by atoms with Crippen molar-refractivity contribution in [1.82, 2.24) is 14.7 Å². The third-order valence-corrected chi connectivity index (χ3v) is 2.06. The normalized spacial score (nSPS) is 10.3. The van der Waals surface area contributed by atoms with Gasteiger partial charge in [0, 0.05) is 19.3 Å². The Bertz CT molecular complexity index is 324. The standard InChI is InChI=1S/C9H16N4O2/c1-2-12(5-6-14)9(15)7-13-4-3-8(10)11-13/h3-4,14H,2,5-7H2,1H3,(H2,10,11). The molecule has 1 aromatic heterocycles. The van der Waals surface area contributed by atoms with E-state index in [1.807, 2.05) is 6.92 Å². The first-order valence-corrected chi connectivity index (χ1v) is 4.85. The van der Waals surface area contributed by atoms with E-state index in [9.17, 15) is 4.79 Å². The second kappa shape index (κ2) is 5.35. The number of aliphatic hydroxyl groups is 1. The van der Waals surface area contributed by atoms with Gasteiger partial charge in [-0.25, -0.2) is 0 Å². The van der Waals surface area contributed by atoms with Gasteiger partial charge < -0.3 is 15.7 Å². The van der Waals surface area contributed by atoms with Crippen LogP contribution in [0.2, 0.25) is 0 Å². The molecule has 6 heteroatoms. The Labute approximate surface area is 88.3 Å². The van der Waals surface area contributed by atoms with Gasteiger partial charge in [0.25, 0.3) is 0 Å². The van der Waals surface area contributed by atoms with E-state index in [0.717, 1.165) is 0 Å². The average molecular weight is 212 g/mol. The minimum Gasteiger partial charge on any atom is -0.395 e. The average Bonchev–Trinajstić information content (AvgIpc) is 2.60. The Morgan fingerprint density at radius 3 is 2.93 bits per heavy atom. The SMILES string of the molecule is CCN(CCO)C(=O)Cn1ccc(N)n1. The van der Waals surface area contributed by atoms with Gasteiger partial charge in [-0.2, -0.15) is 5.10 Å². The number of hydrogen-bond acceptors (Lipinski definition) is 4. The minimum atomic E-state index is -0.0744. The highest BCUT2D eigenvalue weighted by Crippen LogP contribution is 1.98. The molecule has 0 spiro atoms. The van der Waals surface area contributed by atoms with Crippen LogP contribution in [0.15, 0.2) is 12.3 Å². The fraction of sp³-hybridized carbons (Fsp3) is 0.556. The summed E-state index contributed by atoms with van der Waals surface area (Å²) in [6.45, 7) is 2.93. The summed E-state index contributed by atoms with van der Waals surface area (Å²) in [5.74, 6) is 0.322. The van der Waals surface area contributed by atoms with Crippen molar-refractivity contribution in [2.75, 3.05) is 25.4 Å². The van der Waals surface area contributed by atoms with E-state index in [1.165, 1.54) is 4.68 Å². The molecular weight excluding hydrogens is 196 g/mol. The van der Waals surface area contributed by atoms with E-state index < -0.39 is 0 Å². The van der Waals surface area contributed by atoms with Crippen LogP contribution in [0.5, 0.6) is 0 Å². The molecule has 84 valence electrons. The molecule has 0 atom stereocenters. The number of aromatic nitrogens is 2. The summed E-state index contributed by atoms with van der Waals surface area (Å²) < 4.78 is 1.48. The predicted octanol–water partition coefficient (Wildman–Crippen LogP) is -0.694. The second-order valence-electron chi connectivity index (χ2n) is 3.14. The van der Waals surface area contributed by atoms with Gasteiger partial charge in [0.2, 0.25) is 5.91 Å². The van der Waals surface area contributed by atoms with Crippen molar-refractivity contribution < 1.29 is 9.90 Å². The molecule has 0 fully saturated rings. The zero-order valence-corrected chi connectivity index (χ0v) is 8.76. The molecule has 0 aliphatic rings. The van der Waals surface area contributed by atoms with Crippen molar-refractivity contribution in [3.8, 4) is 0 Å². The lowest BCUT2D eigenvalue weighted by Gasteiger charge is -2.19. The van der Waals surface area contributed by atoms with Crippen molar-refractivity contribution in [3.05, 3.63) is 12.3 Å².